The lowest BCUT2D eigenvalue weighted by atomic mass is 10.1. The fraction of sp³-hybridized carbons (Fsp3) is 0.300. The summed E-state index contributed by atoms with van der Waals surface area (Å²) in [6.45, 7) is 3.23. The second kappa shape index (κ2) is 14.8. The second-order valence-corrected chi connectivity index (χ2v) is 9.12. The van der Waals surface area contributed by atoms with Crippen LogP contribution in [0, 0.1) is 0 Å². The highest BCUT2D eigenvalue weighted by atomic mass is 32.1. The molecule has 6 nitrogen and oxygen atoms in total. The third kappa shape index (κ3) is 8.43. The van der Waals surface area contributed by atoms with E-state index < -0.39 is 0 Å². The van der Waals surface area contributed by atoms with E-state index in [0.717, 1.165) is 31.2 Å². The molecular formula is C30H35N3O3S. The average Bonchev–Trinajstić information content (AvgIpc) is 2.93. The van der Waals surface area contributed by atoms with Gasteiger partial charge in [-0.15, -0.1) is 0 Å². The first-order valence-corrected chi connectivity index (χ1v) is 13.1. The van der Waals surface area contributed by atoms with Crippen molar-refractivity contribution in [3.05, 3.63) is 95.6 Å². The molecule has 0 bridgehead atoms. The monoisotopic (exact) mass is 517 g/mol. The zero-order valence-corrected chi connectivity index (χ0v) is 22.4. The third-order valence-corrected chi connectivity index (χ3v) is 6.34. The van der Waals surface area contributed by atoms with E-state index in [2.05, 4.69) is 17.6 Å². The van der Waals surface area contributed by atoms with Crippen LogP contribution in [-0.2, 0) is 6.42 Å². The van der Waals surface area contributed by atoms with E-state index in [1.165, 1.54) is 6.42 Å². The number of thiocarbonyl (C=S) groups is 1. The van der Waals surface area contributed by atoms with Crippen molar-refractivity contribution in [3.8, 4) is 5.75 Å². The summed E-state index contributed by atoms with van der Waals surface area (Å²) in [4.78, 5) is 27.6. The molecule has 37 heavy (non-hydrogen) atoms. The Morgan fingerprint density at radius 3 is 2.27 bits per heavy atom. The molecule has 3 aromatic rings. The van der Waals surface area contributed by atoms with Crippen molar-refractivity contribution in [1.29, 1.82) is 0 Å². The van der Waals surface area contributed by atoms with Crippen LogP contribution in [0.15, 0.2) is 78.9 Å². The number of carbonyl (C=O) groups excluding carboxylic acids is 2. The molecule has 0 radical (unpaired) electrons. The van der Waals surface area contributed by atoms with E-state index in [-0.39, 0.29) is 16.9 Å². The SMILES string of the molecule is CCCCCCOc1ccccc1C(=O)NC(=S)N(C)c1ccccc1C(=O)NCCc1ccccc1. The van der Waals surface area contributed by atoms with Crippen molar-refractivity contribution in [3.63, 3.8) is 0 Å². The topological polar surface area (TPSA) is 70.7 Å². The van der Waals surface area contributed by atoms with Gasteiger partial charge in [0, 0.05) is 13.6 Å². The average molecular weight is 518 g/mol. The number of benzene rings is 3. The maximum atomic E-state index is 13.1. The van der Waals surface area contributed by atoms with E-state index in [9.17, 15) is 9.59 Å². The van der Waals surface area contributed by atoms with Crippen LogP contribution in [0.4, 0.5) is 5.69 Å². The lowest BCUT2D eigenvalue weighted by Gasteiger charge is -2.23. The molecule has 194 valence electrons. The highest BCUT2D eigenvalue weighted by Gasteiger charge is 2.19. The number of nitrogens with one attached hydrogen (secondary N) is 2. The Balaban J connectivity index is 1.61. The molecular weight excluding hydrogens is 482 g/mol. The summed E-state index contributed by atoms with van der Waals surface area (Å²) >= 11 is 5.53. The molecule has 2 amide bonds. The number of rotatable bonds is 12. The van der Waals surface area contributed by atoms with Crippen LogP contribution in [0.3, 0.4) is 0 Å². The van der Waals surface area contributed by atoms with Gasteiger partial charge in [0.05, 0.1) is 23.4 Å². The fourth-order valence-corrected chi connectivity index (χ4v) is 4.06. The normalized spacial score (nSPS) is 10.4. The van der Waals surface area contributed by atoms with Gasteiger partial charge < -0.3 is 15.0 Å². The molecule has 0 saturated carbocycles. The number of amides is 2. The Morgan fingerprint density at radius 2 is 1.51 bits per heavy atom. The fourth-order valence-electron chi connectivity index (χ4n) is 3.87. The number of ether oxygens (including phenoxy) is 1. The highest BCUT2D eigenvalue weighted by Crippen LogP contribution is 2.21. The number of hydrogen-bond acceptors (Lipinski definition) is 4. The second-order valence-electron chi connectivity index (χ2n) is 8.73. The number of anilines is 1. The van der Waals surface area contributed by atoms with Gasteiger partial charge in [0.2, 0.25) is 0 Å². The lowest BCUT2D eigenvalue weighted by molar-refractivity contribution is 0.0952. The Bertz CT molecular complexity index is 1180. The Labute approximate surface area is 225 Å². The first kappa shape index (κ1) is 27.9. The summed E-state index contributed by atoms with van der Waals surface area (Å²) in [7, 11) is 1.73. The lowest BCUT2D eigenvalue weighted by Crippen LogP contribution is -2.41. The number of para-hydroxylation sites is 2. The molecule has 0 aliphatic carbocycles. The predicted molar refractivity (Wildman–Crippen MR) is 153 cm³/mol. The number of carbonyl (C=O) groups is 2. The van der Waals surface area contributed by atoms with Crippen molar-refractivity contribution >= 4 is 34.8 Å². The molecule has 0 aliphatic heterocycles. The molecule has 0 atom stereocenters. The number of hydrogen-bond donors (Lipinski definition) is 2. The van der Waals surface area contributed by atoms with Crippen LogP contribution in [0.2, 0.25) is 0 Å². The summed E-state index contributed by atoms with van der Waals surface area (Å²) in [6.07, 6.45) is 5.09. The van der Waals surface area contributed by atoms with Gasteiger partial charge >= 0.3 is 0 Å². The summed E-state index contributed by atoms with van der Waals surface area (Å²) in [5, 5.41) is 5.95. The van der Waals surface area contributed by atoms with Gasteiger partial charge in [0.25, 0.3) is 11.8 Å². The van der Waals surface area contributed by atoms with Gasteiger partial charge in [0.1, 0.15) is 5.75 Å². The molecule has 0 fully saturated rings. The standard InChI is InChI=1S/C30H35N3O3S/c1-3-4-5-13-22-36-27-19-12-10-17-25(27)29(35)32-30(37)33(2)26-18-11-9-16-24(26)28(34)31-21-20-23-14-7-6-8-15-23/h6-12,14-19H,3-5,13,20-22H2,1-2H3,(H,31,34)(H,32,35,37). The molecule has 0 unspecified atom stereocenters. The Kier molecular flexibility index (Phi) is 11.1. The van der Waals surface area contributed by atoms with Gasteiger partial charge in [-0.3, -0.25) is 14.9 Å². The molecule has 0 saturated heterocycles. The van der Waals surface area contributed by atoms with E-state index in [4.69, 9.17) is 17.0 Å². The first-order valence-electron chi connectivity index (χ1n) is 12.7. The van der Waals surface area contributed by atoms with Gasteiger partial charge in [-0.25, -0.2) is 0 Å². The van der Waals surface area contributed by atoms with E-state index >= 15 is 0 Å². The van der Waals surface area contributed by atoms with Crippen LogP contribution >= 0.6 is 12.2 Å². The smallest absolute Gasteiger partial charge is 0.261 e. The van der Waals surface area contributed by atoms with Gasteiger partial charge in [0.15, 0.2) is 5.11 Å². The molecule has 3 aromatic carbocycles. The van der Waals surface area contributed by atoms with Crippen LogP contribution in [0.5, 0.6) is 5.75 Å². The molecule has 0 aliphatic rings. The third-order valence-electron chi connectivity index (χ3n) is 5.96. The van der Waals surface area contributed by atoms with Crippen molar-refractivity contribution in [2.75, 3.05) is 25.1 Å². The zero-order chi connectivity index (χ0) is 26.5. The van der Waals surface area contributed by atoms with E-state index in [1.807, 2.05) is 42.5 Å². The molecule has 0 spiro atoms. The van der Waals surface area contributed by atoms with Crippen molar-refractivity contribution in [2.24, 2.45) is 0 Å². The highest BCUT2D eigenvalue weighted by molar-refractivity contribution is 7.80. The molecule has 0 aromatic heterocycles. The molecule has 3 rings (SSSR count). The quantitative estimate of drug-likeness (QED) is 0.236. The van der Waals surface area contributed by atoms with Gasteiger partial charge in [-0.2, -0.15) is 0 Å². The van der Waals surface area contributed by atoms with Crippen LogP contribution < -0.4 is 20.3 Å². The Morgan fingerprint density at radius 1 is 0.838 bits per heavy atom. The summed E-state index contributed by atoms with van der Waals surface area (Å²) in [5.74, 6) is -0.0275. The van der Waals surface area contributed by atoms with E-state index in [1.54, 1.807) is 48.3 Å². The summed E-state index contributed by atoms with van der Waals surface area (Å²) < 4.78 is 5.88. The largest absolute Gasteiger partial charge is 0.493 e. The molecule has 2 N–H and O–H groups in total. The molecule has 0 heterocycles. The van der Waals surface area contributed by atoms with Crippen LogP contribution in [0.1, 0.15) is 58.9 Å². The maximum absolute atomic E-state index is 13.1. The number of nitrogens with zero attached hydrogens (tertiary/aromatic N) is 1. The van der Waals surface area contributed by atoms with E-state index in [0.29, 0.717) is 35.7 Å². The van der Waals surface area contributed by atoms with Crippen LogP contribution in [-0.4, -0.2) is 37.1 Å². The van der Waals surface area contributed by atoms with Crippen molar-refractivity contribution in [2.45, 2.75) is 39.0 Å². The Hall–Kier alpha value is -3.71. The van der Waals surface area contributed by atoms with Crippen molar-refractivity contribution in [1.82, 2.24) is 10.6 Å². The van der Waals surface area contributed by atoms with Gasteiger partial charge in [-0.05, 0) is 54.9 Å². The minimum Gasteiger partial charge on any atom is -0.493 e. The zero-order valence-electron chi connectivity index (χ0n) is 21.5. The van der Waals surface area contributed by atoms with Crippen LogP contribution in [0.25, 0.3) is 0 Å². The minimum atomic E-state index is -0.356. The molecule has 7 heteroatoms. The number of unbranched alkanes of at least 4 members (excludes halogenated alkanes) is 3. The predicted octanol–water partition coefficient (Wildman–Crippen LogP) is 5.77. The van der Waals surface area contributed by atoms with Crippen molar-refractivity contribution < 1.29 is 14.3 Å². The maximum Gasteiger partial charge on any atom is 0.261 e. The summed E-state index contributed by atoms with van der Waals surface area (Å²) in [6, 6.07) is 24.3. The summed E-state index contributed by atoms with van der Waals surface area (Å²) in [5.41, 5.74) is 2.65. The minimum absolute atomic E-state index is 0.187. The first-order chi connectivity index (χ1) is 18.0. The van der Waals surface area contributed by atoms with Gasteiger partial charge in [-0.1, -0.05) is 80.8 Å².